The average molecular weight is 179 g/mol. The first-order valence-corrected chi connectivity index (χ1v) is 4.84. The minimum Gasteiger partial charge on any atom is -0.330 e. The summed E-state index contributed by atoms with van der Waals surface area (Å²) in [6, 6.07) is 0. The predicted molar refractivity (Wildman–Crippen MR) is 52.5 cm³/mol. The van der Waals surface area contributed by atoms with Gasteiger partial charge in [0.2, 0.25) is 0 Å². The van der Waals surface area contributed by atoms with Crippen molar-refractivity contribution in [3.8, 4) is 0 Å². The molecule has 0 aromatic carbocycles. The monoisotopic (exact) mass is 179 g/mol. The van der Waals surface area contributed by atoms with Gasteiger partial charge in [-0.05, 0) is 23.8 Å². The van der Waals surface area contributed by atoms with E-state index in [0.29, 0.717) is 11.3 Å². The van der Waals surface area contributed by atoms with Crippen LogP contribution in [0, 0.1) is 5.41 Å². The van der Waals surface area contributed by atoms with Crippen molar-refractivity contribution in [3.63, 3.8) is 0 Å². The number of fused-ring (bicyclic) bond motifs is 1. The lowest BCUT2D eigenvalue weighted by Crippen LogP contribution is -2.29. The van der Waals surface area contributed by atoms with E-state index in [4.69, 9.17) is 5.73 Å². The van der Waals surface area contributed by atoms with Crippen LogP contribution in [0.4, 0.5) is 0 Å². The lowest BCUT2D eigenvalue weighted by atomic mass is 9.72. The van der Waals surface area contributed by atoms with Crippen molar-refractivity contribution in [2.45, 2.75) is 32.6 Å². The molecule has 0 aliphatic heterocycles. The van der Waals surface area contributed by atoms with Crippen molar-refractivity contribution in [2.24, 2.45) is 11.1 Å². The topological polar surface area (TPSA) is 54.7 Å². The van der Waals surface area contributed by atoms with Crippen LogP contribution in [-0.4, -0.2) is 16.7 Å². The van der Waals surface area contributed by atoms with Crippen molar-refractivity contribution in [1.82, 2.24) is 10.2 Å². The number of aromatic nitrogens is 2. The molecule has 3 heteroatoms. The third kappa shape index (κ3) is 1.48. The zero-order chi connectivity index (χ0) is 9.47. The van der Waals surface area contributed by atoms with Crippen LogP contribution in [0.2, 0.25) is 0 Å². The van der Waals surface area contributed by atoms with Gasteiger partial charge in [-0.15, -0.1) is 0 Å². The fourth-order valence-electron chi connectivity index (χ4n) is 2.37. The molecule has 0 saturated carbocycles. The lowest BCUT2D eigenvalue weighted by molar-refractivity contribution is 0.280. The molecule has 1 heterocycles. The summed E-state index contributed by atoms with van der Waals surface area (Å²) in [5.74, 6) is 0.473. The largest absolute Gasteiger partial charge is 0.330 e. The molecule has 0 saturated heterocycles. The second-order valence-corrected chi connectivity index (χ2v) is 4.79. The number of hydrogen-bond donors (Lipinski definition) is 2. The first kappa shape index (κ1) is 8.75. The van der Waals surface area contributed by atoms with Gasteiger partial charge in [-0.1, -0.05) is 13.8 Å². The highest BCUT2D eigenvalue weighted by Gasteiger charge is 2.32. The van der Waals surface area contributed by atoms with Gasteiger partial charge in [0.15, 0.2) is 0 Å². The third-order valence-electron chi connectivity index (χ3n) is 2.91. The molecule has 1 aliphatic carbocycles. The second kappa shape index (κ2) is 2.84. The van der Waals surface area contributed by atoms with Gasteiger partial charge in [0, 0.05) is 18.2 Å². The molecule has 72 valence electrons. The van der Waals surface area contributed by atoms with E-state index in [-0.39, 0.29) is 0 Å². The molecule has 0 bridgehead atoms. The SMILES string of the molecule is CC1(C)Cc2cn[nH]c2C(CN)C1. The standard InChI is InChI=1S/C10H17N3/c1-10(2)3-7(5-11)9-8(4-10)6-12-13-9/h6-7H,3-5,11H2,1-2H3,(H,12,13). The number of nitrogens with zero attached hydrogens (tertiary/aromatic N) is 1. The minimum atomic E-state index is 0.376. The number of nitrogens with one attached hydrogen (secondary N) is 1. The van der Waals surface area contributed by atoms with E-state index >= 15 is 0 Å². The summed E-state index contributed by atoms with van der Waals surface area (Å²) in [5, 5.41) is 7.15. The van der Waals surface area contributed by atoms with Gasteiger partial charge >= 0.3 is 0 Å². The fourth-order valence-corrected chi connectivity index (χ4v) is 2.37. The summed E-state index contributed by atoms with van der Waals surface area (Å²) in [6.07, 6.45) is 4.23. The van der Waals surface area contributed by atoms with E-state index in [1.165, 1.54) is 17.7 Å². The summed E-state index contributed by atoms with van der Waals surface area (Å²) in [7, 11) is 0. The Labute approximate surface area is 78.7 Å². The summed E-state index contributed by atoms with van der Waals surface area (Å²) in [4.78, 5) is 0. The zero-order valence-corrected chi connectivity index (χ0v) is 8.30. The van der Waals surface area contributed by atoms with Gasteiger partial charge in [-0.25, -0.2) is 0 Å². The zero-order valence-electron chi connectivity index (χ0n) is 8.30. The molecular weight excluding hydrogens is 162 g/mol. The molecule has 2 rings (SSSR count). The van der Waals surface area contributed by atoms with Gasteiger partial charge in [-0.2, -0.15) is 5.10 Å². The number of rotatable bonds is 1. The van der Waals surface area contributed by atoms with Crippen molar-refractivity contribution >= 4 is 0 Å². The molecule has 1 aliphatic rings. The molecule has 3 nitrogen and oxygen atoms in total. The molecule has 1 atom stereocenters. The van der Waals surface area contributed by atoms with Gasteiger partial charge in [0.05, 0.1) is 6.20 Å². The number of hydrogen-bond acceptors (Lipinski definition) is 2. The lowest BCUT2D eigenvalue weighted by Gasteiger charge is -2.34. The highest BCUT2D eigenvalue weighted by Crippen LogP contribution is 2.40. The van der Waals surface area contributed by atoms with Crippen LogP contribution in [0.25, 0.3) is 0 Å². The highest BCUT2D eigenvalue weighted by atomic mass is 15.1. The Morgan fingerprint density at radius 3 is 3.15 bits per heavy atom. The third-order valence-corrected chi connectivity index (χ3v) is 2.91. The van der Waals surface area contributed by atoms with Crippen LogP contribution in [-0.2, 0) is 6.42 Å². The van der Waals surface area contributed by atoms with Crippen LogP contribution in [0.5, 0.6) is 0 Å². The van der Waals surface area contributed by atoms with Crippen molar-refractivity contribution < 1.29 is 0 Å². The Bertz CT molecular complexity index is 301. The van der Waals surface area contributed by atoms with E-state index in [9.17, 15) is 0 Å². The van der Waals surface area contributed by atoms with E-state index in [1.807, 2.05) is 6.20 Å². The molecular formula is C10H17N3. The first-order chi connectivity index (χ1) is 6.12. The van der Waals surface area contributed by atoms with E-state index in [0.717, 1.165) is 13.0 Å². The Morgan fingerprint density at radius 1 is 1.69 bits per heavy atom. The number of nitrogens with two attached hydrogens (primary N) is 1. The van der Waals surface area contributed by atoms with Crippen molar-refractivity contribution in [3.05, 3.63) is 17.5 Å². The van der Waals surface area contributed by atoms with Crippen LogP contribution in [0.3, 0.4) is 0 Å². The van der Waals surface area contributed by atoms with Gasteiger partial charge in [0.25, 0.3) is 0 Å². The average Bonchev–Trinajstić information content (AvgIpc) is 2.48. The molecule has 0 fully saturated rings. The van der Waals surface area contributed by atoms with Crippen LogP contribution in [0.15, 0.2) is 6.20 Å². The molecule has 0 amide bonds. The summed E-state index contributed by atoms with van der Waals surface area (Å²) in [6.45, 7) is 5.32. The van der Waals surface area contributed by atoms with Crippen LogP contribution in [0.1, 0.15) is 37.4 Å². The normalized spacial score (nSPS) is 25.6. The highest BCUT2D eigenvalue weighted by molar-refractivity contribution is 5.26. The maximum absolute atomic E-state index is 5.75. The van der Waals surface area contributed by atoms with Crippen molar-refractivity contribution in [2.75, 3.05) is 6.54 Å². The predicted octanol–water partition coefficient (Wildman–Crippen LogP) is 1.42. The van der Waals surface area contributed by atoms with Gasteiger partial charge < -0.3 is 5.73 Å². The maximum atomic E-state index is 5.75. The summed E-state index contributed by atoms with van der Waals surface area (Å²) >= 11 is 0. The molecule has 13 heavy (non-hydrogen) atoms. The van der Waals surface area contributed by atoms with Crippen molar-refractivity contribution in [1.29, 1.82) is 0 Å². The molecule has 1 unspecified atom stereocenters. The minimum absolute atomic E-state index is 0.376. The smallest absolute Gasteiger partial charge is 0.0522 e. The van der Waals surface area contributed by atoms with Crippen LogP contribution < -0.4 is 5.73 Å². The quantitative estimate of drug-likeness (QED) is 0.685. The molecule has 1 aromatic heterocycles. The number of aromatic amines is 1. The second-order valence-electron chi connectivity index (χ2n) is 4.79. The van der Waals surface area contributed by atoms with E-state index in [2.05, 4.69) is 24.0 Å². The first-order valence-electron chi connectivity index (χ1n) is 4.84. The maximum Gasteiger partial charge on any atom is 0.0522 e. The molecule has 0 radical (unpaired) electrons. The summed E-state index contributed by atoms with van der Waals surface area (Å²) < 4.78 is 0. The summed E-state index contributed by atoms with van der Waals surface area (Å²) in [5.41, 5.74) is 8.75. The van der Waals surface area contributed by atoms with Crippen LogP contribution >= 0.6 is 0 Å². The molecule has 0 spiro atoms. The van der Waals surface area contributed by atoms with E-state index < -0.39 is 0 Å². The molecule has 3 N–H and O–H groups in total. The van der Waals surface area contributed by atoms with E-state index in [1.54, 1.807) is 0 Å². The molecule has 1 aromatic rings. The Morgan fingerprint density at radius 2 is 2.46 bits per heavy atom. The Balaban J connectivity index is 2.36. The Kier molecular flexibility index (Phi) is 1.91. The Hall–Kier alpha value is -0.830. The van der Waals surface area contributed by atoms with Gasteiger partial charge in [0.1, 0.15) is 0 Å². The number of H-pyrrole nitrogens is 1. The van der Waals surface area contributed by atoms with Gasteiger partial charge in [-0.3, -0.25) is 5.10 Å². The fraction of sp³-hybridized carbons (Fsp3) is 0.700.